The number of halogens is 1. The number of hydrogen-bond donors (Lipinski definition) is 2. The number of nitrogens with one attached hydrogen (secondary N) is 1. The smallest absolute Gasteiger partial charge is 0.193 e. The van der Waals surface area contributed by atoms with E-state index in [-0.39, 0.29) is 24.0 Å². The summed E-state index contributed by atoms with van der Waals surface area (Å²) in [7, 11) is 1.63. The van der Waals surface area contributed by atoms with Crippen LogP contribution in [0.5, 0.6) is 5.75 Å². The topological polar surface area (TPSA) is 72.5 Å². The lowest BCUT2D eigenvalue weighted by Gasteiger charge is -2.06. The molecular formula is C18H19IN4OS. The van der Waals surface area contributed by atoms with Gasteiger partial charge in [-0.1, -0.05) is 30.3 Å². The number of aliphatic imine (C=N–C) groups is 1. The van der Waals surface area contributed by atoms with Crippen molar-refractivity contribution in [3.8, 4) is 16.3 Å². The summed E-state index contributed by atoms with van der Waals surface area (Å²) in [6.07, 6.45) is 0. The van der Waals surface area contributed by atoms with Gasteiger partial charge in [-0.3, -0.25) is 0 Å². The molecule has 3 N–H and O–H groups in total. The summed E-state index contributed by atoms with van der Waals surface area (Å²) in [5.74, 6) is 1.15. The van der Waals surface area contributed by atoms with E-state index in [1.807, 2.05) is 60.0 Å². The molecule has 0 aliphatic rings. The van der Waals surface area contributed by atoms with Crippen LogP contribution in [0.15, 0.2) is 65.0 Å². The molecule has 0 aliphatic carbocycles. The van der Waals surface area contributed by atoms with E-state index in [0.717, 1.165) is 27.7 Å². The van der Waals surface area contributed by atoms with Gasteiger partial charge < -0.3 is 15.8 Å². The number of benzene rings is 2. The first-order chi connectivity index (χ1) is 11.7. The van der Waals surface area contributed by atoms with Gasteiger partial charge in [-0.15, -0.1) is 35.3 Å². The lowest BCUT2D eigenvalue weighted by atomic mass is 10.2. The number of methoxy groups -OCH3 is 1. The van der Waals surface area contributed by atoms with Crippen LogP contribution in [-0.2, 0) is 6.54 Å². The molecular weight excluding hydrogens is 447 g/mol. The highest BCUT2D eigenvalue weighted by Gasteiger charge is 2.04. The molecule has 25 heavy (non-hydrogen) atoms. The molecule has 3 rings (SSSR count). The van der Waals surface area contributed by atoms with Gasteiger partial charge in [0.2, 0.25) is 0 Å². The average molecular weight is 466 g/mol. The largest absolute Gasteiger partial charge is 0.497 e. The van der Waals surface area contributed by atoms with Gasteiger partial charge in [-0.25, -0.2) is 9.98 Å². The van der Waals surface area contributed by atoms with Gasteiger partial charge >= 0.3 is 0 Å². The van der Waals surface area contributed by atoms with Gasteiger partial charge in [0.15, 0.2) is 5.96 Å². The Kier molecular flexibility index (Phi) is 7.20. The lowest BCUT2D eigenvalue weighted by molar-refractivity contribution is 0.415. The first-order valence-corrected chi connectivity index (χ1v) is 8.33. The summed E-state index contributed by atoms with van der Waals surface area (Å²) in [4.78, 5) is 8.93. The quantitative estimate of drug-likeness (QED) is 0.333. The predicted octanol–water partition coefficient (Wildman–Crippen LogP) is 4.36. The molecule has 0 saturated heterocycles. The Labute approximate surface area is 168 Å². The second kappa shape index (κ2) is 9.38. The van der Waals surface area contributed by atoms with Crippen molar-refractivity contribution >= 4 is 47.0 Å². The number of hydrogen-bond acceptors (Lipinski definition) is 4. The molecule has 1 heterocycles. The van der Waals surface area contributed by atoms with Crippen LogP contribution < -0.4 is 15.8 Å². The molecule has 0 amide bonds. The Morgan fingerprint density at radius 2 is 1.88 bits per heavy atom. The van der Waals surface area contributed by atoms with Gasteiger partial charge in [-0.2, -0.15) is 0 Å². The van der Waals surface area contributed by atoms with Crippen molar-refractivity contribution in [3.05, 3.63) is 65.7 Å². The van der Waals surface area contributed by atoms with Crippen molar-refractivity contribution in [1.82, 2.24) is 4.98 Å². The van der Waals surface area contributed by atoms with Crippen LogP contribution in [0.2, 0.25) is 0 Å². The molecule has 0 atom stereocenters. The van der Waals surface area contributed by atoms with E-state index in [4.69, 9.17) is 10.5 Å². The van der Waals surface area contributed by atoms with Crippen molar-refractivity contribution in [2.24, 2.45) is 10.7 Å². The molecule has 130 valence electrons. The van der Waals surface area contributed by atoms with Crippen molar-refractivity contribution in [1.29, 1.82) is 0 Å². The maximum Gasteiger partial charge on any atom is 0.193 e. The van der Waals surface area contributed by atoms with Crippen LogP contribution in [0.25, 0.3) is 10.6 Å². The second-order valence-corrected chi connectivity index (χ2v) is 5.92. The zero-order chi connectivity index (χ0) is 16.8. The highest BCUT2D eigenvalue weighted by Crippen LogP contribution is 2.23. The molecule has 2 aromatic carbocycles. The van der Waals surface area contributed by atoms with E-state index in [2.05, 4.69) is 15.3 Å². The second-order valence-electron chi connectivity index (χ2n) is 5.06. The number of nitrogens with two attached hydrogens (primary N) is 1. The third-order valence-electron chi connectivity index (χ3n) is 3.35. The molecule has 0 unspecified atom stereocenters. The minimum absolute atomic E-state index is 0. The zero-order valence-corrected chi connectivity index (χ0v) is 16.8. The molecule has 5 nitrogen and oxygen atoms in total. The highest BCUT2D eigenvalue weighted by atomic mass is 127. The van der Waals surface area contributed by atoms with Crippen LogP contribution in [0.1, 0.15) is 5.69 Å². The third-order valence-corrected chi connectivity index (χ3v) is 4.29. The number of aromatic nitrogens is 1. The zero-order valence-electron chi connectivity index (χ0n) is 13.7. The van der Waals surface area contributed by atoms with Gasteiger partial charge in [-0.05, 0) is 24.3 Å². The summed E-state index contributed by atoms with van der Waals surface area (Å²) in [6, 6.07) is 17.6. The molecule has 0 radical (unpaired) electrons. The average Bonchev–Trinajstić information content (AvgIpc) is 3.10. The lowest BCUT2D eigenvalue weighted by Crippen LogP contribution is -2.22. The molecule has 0 spiro atoms. The molecule has 0 saturated carbocycles. The summed E-state index contributed by atoms with van der Waals surface area (Å²) in [5, 5.41) is 6.04. The van der Waals surface area contributed by atoms with E-state index < -0.39 is 0 Å². The monoisotopic (exact) mass is 466 g/mol. The summed E-state index contributed by atoms with van der Waals surface area (Å²) in [5.41, 5.74) is 8.80. The van der Waals surface area contributed by atoms with E-state index in [0.29, 0.717) is 12.5 Å². The van der Waals surface area contributed by atoms with Crippen LogP contribution >= 0.6 is 35.3 Å². The van der Waals surface area contributed by atoms with E-state index >= 15 is 0 Å². The fraction of sp³-hybridized carbons (Fsp3) is 0.111. The summed E-state index contributed by atoms with van der Waals surface area (Å²) >= 11 is 1.61. The minimum Gasteiger partial charge on any atom is -0.497 e. The maximum absolute atomic E-state index is 5.93. The number of ether oxygens (including phenoxy) is 1. The van der Waals surface area contributed by atoms with Gasteiger partial charge in [0.1, 0.15) is 10.8 Å². The van der Waals surface area contributed by atoms with E-state index in [1.165, 1.54) is 0 Å². The molecule has 0 aliphatic heterocycles. The van der Waals surface area contributed by atoms with Crippen LogP contribution in [0.3, 0.4) is 0 Å². The van der Waals surface area contributed by atoms with E-state index in [1.54, 1.807) is 18.4 Å². The maximum atomic E-state index is 5.93. The fourth-order valence-corrected chi connectivity index (χ4v) is 2.94. The predicted molar refractivity (Wildman–Crippen MR) is 115 cm³/mol. The van der Waals surface area contributed by atoms with Crippen molar-refractivity contribution < 1.29 is 4.74 Å². The third kappa shape index (κ3) is 5.43. The van der Waals surface area contributed by atoms with Gasteiger partial charge in [0, 0.05) is 16.6 Å². The standard InChI is InChI=1S/C18H18N4OS.HI/c1-23-16-9-7-14(8-10-16)22-18(19)20-11-15-12-24-17(21-15)13-5-3-2-4-6-13;/h2-10,12H,11H2,1H3,(H3,19,20,22);1H. The first-order valence-electron chi connectivity index (χ1n) is 7.45. The number of guanidine groups is 1. The number of thiazole rings is 1. The van der Waals surface area contributed by atoms with Gasteiger partial charge in [0.05, 0.1) is 19.3 Å². The molecule has 0 bridgehead atoms. The number of rotatable bonds is 5. The Balaban J connectivity index is 0.00000225. The Bertz CT molecular complexity index is 819. The van der Waals surface area contributed by atoms with E-state index in [9.17, 15) is 0 Å². The number of nitrogens with zero attached hydrogens (tertiary/aromatic N) is 2. The summed E-state index contributed by atoms with van der Waals surface area (Å²) in [6.45, 7) is 0.443. The van der Waals surface area contributed by atoms with Gasteiger partial charge in [0.25, 0.3) is 0 Å². The Morgan fingerprint density at radius 3 is 2.56 bits per heavy atom. The molecule has 1 aromatic heterocycles. The van der Waals surface area contributed by atoms with Crippen molar-refractivity contribution in [2.75, 3.05) is 12.4 Å². The first kappa shape index (κ1) is 19.2. The van der Waals surface area contributed by atoms with Crippen LogP contribution in [0.4, 0.5) is 5.69 Å². The summed E-state index contributed by atoms with van der Waals surface area (Å²) < 4.78 is 5.12. The van der Waals surface area contributed by atoms with Crippen LogP contribution in [0, 0.1) is 0 Å². The SMILES string of the molecule is COc1ccc(NC(N)=NCc2csc(-c3ccccc3)n2)cc1.I. The Hall–Kier alpha value is -2.13. The fourth-order valence-electron chi connectivity index (χ4n) is 2.12. The van der Waals surface area contributed by atoms with Crippen LogP contribution in [-0.4, -0.2) is 18.1 Å². The Morgan fingerprint density at radius 1 is 1.16 bits per heavy atom. The van der Waals surface area contributed by atoms with Crippen molar-refractivity contribution in [2.45, 2.75) is 6.54 Å². The molecule has 3 aromatic rings. The normalized spacial score (nSPS) is 10.8. The number of anilines is 1. The molecule has 7 heteroatoms. The molecule has 0 fully saturated rings. The highest BCUT2D eigenvalue weighted by molar-refractivity contribution is 14.0. The minimum atomic E-state index is 0. The van der Waals surface area contributed by atoms with Crippen molar-refractivity contribution in [3.63, 3.8) is 0 Å².